The number of sulfonamides is 1. The van der Waals surface area contributed by atoms with Gasteiger partial charge in [-0.2, -0.15) is 0 Å². The van der Waals surface area contributed by atoms with Crippen LogP contribution in [-0.2, 0) is 32.6 Å². The number of hydrogen-bond acceptors (Lipinski definition) is 5. The summed E-state index contributed by atoms with van der Waals surface area (Å²) >= 11 is 0. The number of benzene rings is 4. The third-order valence-electron chi connectivity index (χ3n) is 7.99. The van der Waals surface area contributed by atoms with Crippen molar-refractivity contribution in [3.8, 4) is 5.75 Å². The zero-order valence-corrected chi connectivity index (χ0v) is 28.0. The highest BCUT2D eigenvalue weighted by atomic mass is 32.2. The van der Waals surface area contributed by atoms with Crippen LogP contribution < -0.4 is 14.4 Å². The molecule has 0 fully saturated rings. The number of nitrogens with zero attached hydrogens (tertiary/aromatic N) is 2. The van der Waals surface area contributed by atoms with Gasteiger partial charge in [-0.3, -0.25) is 13.9 Å². The lowest BCUT2D eigenvalue weighted by molar-refractivity contribution is -0.140. The van der Waals surface area contributed by atoms with Gasteiger partial charge >= 0.3 is 0 Å². The van der Waals surface area contributed by atoms with Crippen molar-refractivity contribution >= 4 is 27.5 Å². The minimum atomic E-state index is -4.36. The molecule has 0 saturated carbocycles. The molecule has 4 rings (SSSR count). The Balaban J connectivity index is 1.81. The van der Waals surface area contributed by atoms with E-state index in [4.69, 9.17) is 4.74 Å². The topological polar surface area (TPSA) is 96.0 Å². The predicted molar refractivity (Wildman–Crippen MR) is 182 cm³/mol. The van der Waals surface area contributed by atoms with Crippen LogP contribution in [0.3, 0.4) is 0 Å². The van der Waals surface area contributed by atoms with Crippen LogP contribution in [0.4, 0.5) is 10.1 Å². The molecule has 0 aliphatic carbocycles. The van der Waals surface area contributed by atoms with Crippen molar-refractivity contribution in [2.75, 3.05) is 17.5 Å². The first-order chi connectivity index (χ1) is 22.5. The van der Waals surface area contributed by atoms with E-state index in [1.807, 2.05) is 82.3 Å². The summed E-state index contributed by atoms with van der Waals surface area (Å²) in [7, 11) is -4.36. The van der Waals surface area contributed by atoms with Gasteiger partial charge in [-0.05, 0) is 92.4 Å². The van der Waals surface area contributed by atoms with Crippen LogP contribution in [0.2, 0.25) is 0 Å². The summed E-state index contributed by atoms with van der Waals surface area (Å²) in [6, 6.07) is 26.7. The highest BCUT2D eigenvalue weighted by molar-refractivity contribution is 7.92. The molecular formula is C37H42FN3O5S. The quantitative estimate of drug-likeness (QED) is 0.162. The summed E-state index contributed by atoms with van der Waals surface area (Å²) in [5.41, 5.74) is 2.81. The highest BCUT2D eigenvalue weighted by Crippen LogP contribution is 2.27. The minimum absolute atomic E-state index is 0.0741. The number of carbonyl (C=O) groups excluding carboxylic acids is 2. The second kappa shape index (κ2) is 16.2. The maximum absolute atomic E-state index is 14.6. The molecule has 2 amide bonds. The second-order valence-electron chi connectivity index (χ2n) is 11.4. The van der Waals surface area contributed by atoms with Crippen LogP contribution in [0.25, 0.3) is 0 Å². The SMILES string of the molecule is CCOc1ccc(N(CC(=O)N(Cc2ccccc2C)C(Cc2ccccc2)C(=O)NC(C)CC)S(=O)(=O)c2ccc(F)cc2)cc1. The van der Waals surface area contributed by atoms with Crippen molar-refractivity contribution in [1.29, 1.82) is 0 Å². The Kier molecular flexibility index (Phi) is 12.1. The number of carbonyl (C=O) groups is 2. The number of halogens is 1. The van der Waals surface area contributed by atoms with E-state index < -0.39 is 34.3 Å². The van der Waals surface area contributed by atoms with E-state index in [-0.39, 0.29) is 35.5 Å². The number of anilines is 1. The van der Waals surface area contributed by atoms with Crippen molar-refractivity contribution in [2.24, 2.45) is 0 Å². The van der Waals surface area contributed by atoms with Crippen LogP contribution in [-0.4, -0.2) is 50.4 Å². The molecule has 0 aliphatic heterocycles. The molecule has 2 atom stereocenters. The lowest BCUT2D eigenvalue weighted by atomic mass is 10.0. The largest absolute Gasteiger partial charge is 0.494 e. The molecule has 248 valence electrons. The first-order valence-electron chi connectivity index (χ1n) is 15.7. The predicted octanol–water partition coefficient (Wildman–Crippen LogP) is 6.28. The van der Waals surface area contributed by atoms with Gasteiger partial charge in [0.2, 0.25) is 11.8 Å². The van der Waals surface area contributed by atoms with Gasteiger partial charge in [0.15, 0.2) is 0 Å². The zero-order valence-electron chi connectivity index (χ0n) is 27.2. The van der Waals surface area contributed by atoms with E-state index >= 15 is 0 Å². The van der Waals surface area contributed by atoms with Crippen molar-refractivity contribution in [3.63, 3.8) is 0 Å². The Bertz CT molecular complexity index is 1730. The molecule has 0 saturated heterocycles. The van der Waals surface area contributed by atoms with E-state index in [0.29, 0.717) is 18.8 Å². The fourth-order valence-corrected chi connectivity index (χ4v) is 6.52. The number of nitrogens with one attached hydrogen (secondary N) is 1. The molecule has 8 nitrogen and oxygen atoms in total. The van der Waals surface area contributed by atoms with Gasteiger partial charge in [-0.15, -0.1) is 0 Å². The molecule has 0 aliphatic rings. The molecule has 0 aromatic heterocycles. The molecule has 4 aromatic carbocycles. The molecule has 0 bridgehead atoms. The van der Waals surface area contributed by atoms with Crippen LogP contribution in [0.5, 0.6) is 5.75 Å². The molecular weight excluding hydrogens is 617 g/mol. The number of amides is 2. The fourth-order valence-electron chi connectivity index (χ4n) is 5.10. The molecule has 2 unspecified atom stereocenters. The maximum Gasteiger partial charge on any atom is 0.264 e. The smallest absolute Gasteiger partial charge is 0.264 e. The summed E-state index contributed by atoms with van der Waals surface area (Å²) in [4.78, 5) is 29.8. The Labute approximate surface area is 277 Å². The van der Waals surface area contributed by atoms with Gasteiger partial charge < -0.3 is 15.0 Å². The third kappa shape index (κ3) is 9.19. The van der Waals surface area contributed by atoms with E-state index in [1.54, 1.807) is 24.3 Å². The Morgan fingerprint density at radius 3 is 2.13 bits per heavy atom. The summed E-state index contributed by atoms with van der Waals surface area (Å²) in [5.74, 6) is -0.965. The summed E-state index contributed by atoms with van der Waals surface area (Å²) in [5, 5.41) is 3.04. The van der Waals surface area contributed by atoms with E-state index in [0.717, 1.165) is 33.1 Å². The molecule has 1 N–H and O–H groups in total. The average Bonchev–Trinajstić information content (AvgIpc) is 3.07. The second-order valence-corrected chi connectivity index (χ2v) is 13.2. The molecule has 10 heteroatoms. The number of ether oxygens (including phenoxy) is 1. The molecule has 0 spiro atoms. The highest BCUT2D eigenvalue weighted by Gasteiger charge is 2.35. The normalized spacial score (nSPS) is 12.5. The lowest BCUT2D eigenvalue weighted by Crippen LogP contribution is -2.54. The summed E-state index contributed by atoms with van der Waals surface area (Å²) in [6.45, 7) is 7.51. The van der Waals surface area contributed by atoms with Crippen LogP contribution in [0.15, 0.2) is 108 Å². The van der Waals surface area contributed by atoms with E-state index in [1.165, 1.54) is 17.0 Å². The monoisotopic (exact) mass is 659 g/mol. The van der Waals surface area contributed by atoms with Crippen molar-refractivity contribution in [2.45, 2.75) is 64.1 Å². The first kappa shape index (κ1) is 35.2. The van der Waals surface area contributed by atoms with Gasteiger partial charge in [0.1, 0.15) is 24.2 Å². The van der Waals surface area contributed by atoms with Crippen molar-refractivity contribution in [3.05, 3.63) is 126 Å². The Morgan fingerprint density at radius 2 is 1.51 bits per heavy atom. The maximum atomic E-state index is 14.6. The lowest BCUT2D eigenvalue weighted by Gasteiger charge is -2.34. The van der Waals surface area contributed by atoms with Gasteiger partial charge in [0.25, 0.3) is 10.0 Å². The van der Waals surface area contributed by atoms with Crippen molar-refractivity contribution in [1.82, 2.24) is 10.2 Å². The van der Waals surface area contributed by atoms with Gasteiger partial charge in [-0.25, -0.2) is 12.8 Å². The standard InChI is InChI=1S/C37H42FN3O5S/c1-5-28(4)39-37(43)35(24-29-13-8-7-9-14-29)40(25-30-15-11-10-12-27(30)3)36(42)26-41(32-18-20-33(21-19-32)46-6-2)47(44,45)34-22-16-31(38)17-23-34/h7-23,28,35H,5-6,24-26H2,1-4H3,(H,39,43). The molecule has 47 heavy (non-hydrogen) atoms. The minimum Gasteiger partial charge on any atom is -0.494 e. The van der Waals surface area contributed by atoms with Crippen LogP contribution >= 0.6 is 0 Å². The number of hydrogen-bond donors (Lipinski definition) is 1. The van der Waals surface area contributed by atoms with Gasteiger partial charge in [0.05, 0.1) is 17.2 Å². The first-order valence-corrected chi connectivity index (χ1v) is 17.2. The number of aryl methyl sites for hydroxylation is 1. The van der Waals surface area contributed by atoms with Crippen LogP contribution in [0, 0.1) is 12.7 Å². The summed E-state index contributed by atoms with van der Waals surface area (Å²) in [6.07, 6.45) is 0.908. The fraction of sp³-hybridized carbons (Fsp3) is 0.297. The van der Waals surface area contributed by atoms with E-state index in [9.17, 15) is 22.4 Å². The zero-order chi connectivity index (χ0) is 34.0. The van der Waals surface area contributed by atoms with E-state index in [2.05, 4.69) is 5.32 Å². The molecule has 0 heterocycles. The van der Waals surface area contributed by atoms with Crippen LogP contribution in [0.1, 0.15) is 43.9 Å². The Hall–Kier alpha value is -4.70. The summed E-state index contributed by atoms with van der Waals surface area (Å²) < 4.78 is 48.6. The number of rotatable bonds is 15. The average molecular weight is 660 g/mol. The van der Waals surface area contributed by atoms with Crippen molar-refractivity contribution < 1.29 is 27.1 Å². The molecule has 0 radical (unpaired) electrons. The molecule has 4 aromatic rings. The third-order valence-corrected chi connectivity index (χ3v) is 9.78. The Morgan fingerprint density at radius 1 is 0.872 bits per heavy atom. The van der Waals surface area contributed by atoms with Gasteiger partial charge in [-0.1, -0.05) is 61.5 Å². The van der Waals surface area contributed by atoms with Gasteiger partial charge in [0, 0.05) is 19.0 Å².